The van der Waals surface area contributed by atoms with E-state index in [2.05, 4.69) is 21.3 Å². The molecule has 5 unspecified atom stereocenters. The number of rotatable bonds is 22. The Morgan fingerprint density at radius 1 is 0.460 bits per heavy atom. The number of aliphatic hydroxyl groups is 13. The highest BCUT2D eigenvalue weighted by Crippen LogP contribution is 2.45. The van der Waals surface area contributed by atoms with Crippen LogP contribution in [0.2, 0.25) is 0 Å². The number of hydrogen-bond donors (Lipinski definition) is 18. The molecule has 8 rings (SSSR count). The summed E-state index contributed by atoms with van der Waals surface area (Å²) in [5.74, 6) is -4.66. The fraction of sp³-hybridized carbons (Fsp3) is 0.679. The molecule has 1 aliphatic carbocycles. The fourth-order valence-corrected chi connectivity index (χ4v) is 11.2. The van der Waals surface area contributed by atoms with Gasteiger partial charge in [0.25, 0.3) is 0 Å². The standard InChI is InChI=1S/C53H74N4O30/c1-18(62)54-31-37(68)34(65)27(12-58)79-48(31)85-45-36(67)29(14-60)81-51(42(45)73)83-43-30(15-61)82-49(32(38(43)69)55-19(2)63)87-52-41(72)44(84-50-40(71)39(70)35(66)28(13-59)80-50)33(56-20(3)64)47(86-52)77-17-26(46(74)75)57-53(76)78-16-25-23-10-6-4-8-21(23)22-9-5-7-11-24(22)25/h4-11,25-45,47-52,58-61,65-73H,12-17H2,1-3H3,(H,54,62)(H,55,63)(H,56,64)(H,57,76)(H,74,75)/t26?,27-,28+,29-,30-,31-,32-,33+,34-,35-,36+,37-,38-,39-,40+,41+,42-,43?,44+,45?,47-,48+,49+,50?,51+,52?/m1/s1. The number of ether oxygens (including phenoxy) is 11. The molecule has 5 aliphatic heterocycles. The molecule has 486 valence electrons. The summed E-state index contributed by atoms with van der Waals surface area (Å²) in [5.41, 5.74) is 3.52. The first-order chi connectivity index (χ1) is 41.4. The van der Waals surface area contributed by atoms with Crippen LogP contribution < -0.4 is 21.3 Å². The zero-order chi connectivity index (χ0) is 63.3. The number of nitrogens with one attached hydrogen (secondary N) is 4. The second-order valence-electron chi connectivity index (χ2n) is 21.5. The maximum Gasteiger partial charge on any atom is 0.407 e. The van der Waals surface area contributed by atoms with Gasteiger partial charge >= 0.3 is 12.1 Å². The molecule has 6 aliphatic rings. The van der Waals surface area contributed by atoms with Crippen molar-refractivity contribution in [3.05, 3.63) is 59.7 Å². The van der Waals surface area contributed by atoms with E-state index in [1.807, 2.05) is 48.5 Å². The van der Waals surface area contributed by atoms with Crippen LogP contribution in [-0.4, -0.2) is 300 Å². The first kappa shape index (κ1) is 67.6. The first-order valence-electron chi connectivity index (χ1n) is 27.6. The summed E-state index contributed by atoms with van der Waals surface area (Å²) in [5, 5.41) is 161. The Labute approximate surface area is 494 Å². The number of alkyl carbamates (subject to hydrolysis) is 1. The number of carboxylic acid groups (broad SMARTS) is 1. The third-order valence-electron chi connectivity index (χ3n) is 15.5. The molecule has 4 amide bonds. The van der Waals surface area contributed by atoms with Crippen LogP contribution in [0.5, 0.6) is 0 Å². The zero-order valence-corrected chi connectivity index (χ0v) is 46.7. The van der Waals surface area contributed by atoms with Gasteiger partial charge in [-0.25, -0.2) is 9.59 Å². The predicted molar refractivity (Wildman–Crippen MR) is 280 cm³/mol. The van der Waals surface area contributed by atoms with Crippen molar-refractivity contribution in [2.24, 2.45) is 0 Å². The van der Waals surface area contributed by atoms with Gasteiger partial charge < -0.3 is 145 Å². The number of carboxylic acids is 1. The van der Waals surface area contributed by atoms with Crippen LogP contribution in [0.3, 0.4) is 0 Å². The lowest BCUT2D eigenvalue weighted by atomic mass is 9.94. The Bertz CT molecular complexity index is 2620. The highest BCUT2D eigenvalue weighted by atomic mass is 16.8. The van der Waals surface area contributed by atoms with Crippen molar-refractivity contribution in [3.63, 3.8) is 0 Å². The van der Waals surface area contributed by atoms with E-state index in [4.69, 9.17) is 52.1 Å². The summed E-state index contributed by atoms with van der Waals surface area (Å²) in [6.07, 6.45) is -44.5. The topological polar surface area (TPSA) is 518 Å². The molecule has 34 heteroatoms. The summed E-state index contributed by atoms with van der Waals surface area (Å²) in [7, 11) is 0. The minimum Gasteiger partial charge on any atom is -0.480 e. The number of carbonyl (C=O) groups is 5. The van der Waals surface area contributed by atoms with Crippen molar-refractivity contribution < 1.29 is 148 Å². The van der Waals surface area contributed by atoms with Crippen LogP contribution in [0.1, 0.15) is 37.8 Å². The van der Waals surface area contributed by atoms with E-state index < -0.39 is 228 Å². The fourth-order valence-electron chi connectivity index (χ4n) is 11.2. The number of benzene rings is 2. The van der Waals surface area contributed by atoms with Gasteiger partial charge in [-0.3, -0.25) is 14.4 Å². The maximum absolute atomic E-state index is 13.4. The highest BCUT2D eigenvalue weighted by molar-refractivity contribution is 5.81. The normalized spacial score (nSPS) is 38.9. The van der Waals surface area contributed by atoms with Crippen molar-refractivity contribution in [1.82, 2.24) is 21.3 Å². The van der Waals surface area contributed by atoms with Crippen molar-refractivity contribution in [2.45, 2.75) is 186 Å². The molecule has 26 atom stereocenters. The smallest absolute Gasteiger partial charge is 0.407 e. The number of fused-ring (bicyclic) bond motifs is 3. The van der Waals surface area contributed by atoms with Crippen molar-refractivity contribution in [3.8, 4) is 11.1 Å². The number of amides is 4. The predicted octanol–water partition coefficient (Wildman–Crippen LogP) is -8.52. The molecule has 2 aromatic carbocycles. The molecule has 0 aromatic heterocycles. The average Bonchev–Trinajstić information content (AvgIpc) is 1.82. The van der Waals surface area contributed by atoms with Gasteiger partial charge in [-0.1, -0.05) is 48.5 Å². The molecule has 5 saturated heterocycles. The van der Waals surface area contributed by atoms with Crippen LogP contribution in [0.4, 0.5) is 4.79 Å². The molecule has 5 fully saturated rings. The lowest BCUT2D eigenvalue weighted by molar-refractivity contribution is -0.402. The quantitative estimate of drug-likeness (QED) is 0.0521. The highest BCUT2D eigenvalue weighted by Gasteiger charge is 2.58. The molecule has 0 saturated carbocycles. The Morgan fingerprint density at radius 3 is 1.45 bits per heavy atom. The SMILES string of the molecule is CC(=O)N[C@@H]1[C@H](OCC(NC(=O)OCC2c3ccccc3-c3ccccc32)C(=O)O)OC(O[C@@H]2O[C@H](CO)C(O[C@@H]3O[C@H](CO)[C@H](O)C(O[C@@H]4O[C@H](CO)[C@@H](O)[C@H](O)[C@H]4NC(C)=O)[C@H]3O)[C@H](O)[C@H]2NC(C)=O)[C@@H](O)[C@H]1OC1O[C@@H](CO)[C@@H](O)[C@@H](O)[C@@H]1O. The van der Waals surface area contributed by atoms with Gasteiger partial charge in [0, 0.05) is 26.7 Å². The Hall–Kier alpha value is -5.33. The minimum absolute atomic E-state index is 0.232. The number of hydrogen-bond acceptors (Lipinski definition) is 29. The van der Waals surface area contributed by atoms with E-state index >= 15 is 0 Å². The Morgan fingerprint density at radius 2 is 0.897 bits per heavy atom. The molecule has 0 spiro atoms. The summed E-state index contributed by atoms with van der Waals surface area (Å²) >= 11 is 0. The van der Waals surface area contributed by atoms with E-state index in [-0.39, 0.29) is 6.61 Å². The molecular formula is C53H74N4O30. The molecule has 0 radical (unpaired) electrons. The first-order valence-corrected chi connectivity index (χ1v) is 27.6. The molecule has 87 heavy (non-hydrogen) atoms. The third-order valence-corrected chi connectivity index (χ3v) is 15.5. The number of carbonyl (C=O) groups excluding carboxylic acids is 4. The summed E-state index contributed by atoms with van der Waals surface area (Å²) < 4.78 is 64.2. The Kier molecular flexibility index (Phi) is 22.9. The van der Waals surface area contributed by atoms with Gasteiger partial charge in [-0.15, -0.1) is 0 Å². The van der Waals surface area contributed by atoms with Crippen LogP contribution >= 0.6 is 0 Å². The van der Waals surface area contributed by atoms with Crippen molar-refractivity contribution >= 4 is 29.8 Å². The summed E-state index contributed by atoms with van der Waals surface area (Å²) in [4.78, 5) is 64.1. The molecule has 18 N–H and O–H groups in total. The summed E-state index contributed by atoms with van der Waals surface area (Å²) in [6.45, 7) is -2.19. The minimum atomic E-state index is -2.29. The lowest BCUT2D eigenvalue weighted by Crippen LogP contribution is -2.71. The van der Waals surface area contributed by atoms with E-state index in [0.29, 0.717) is 0 Å². The van der Waals surface area contributed by atoms with E-state index in [1.54, 1.807) is 0 Å². The molecular weight excluding hydrogens is 1170 g/mol. The summed E-state index contributed by atoms with van der Waals surface area (Å²) in [6, 6.07) is 7.59. The molecule has 34 nitrogen and oxygen atoms in total. The maximum atomic E-state index is 13.4. The zero-order valence-electron chi connectivity index (χ0n) is 46.7. The van der Waals surface area contributed by atoms with Gasteiger partial charge in [0.2, 0.25) is 17.7 Å². The second kappa shape index (κ2) is 29.5. The molecule has 2 aromatic rings. The van der Waals surface area contributed by atoms with Crippen LogP contribution in [-0.2, 0) is 71.3 Å². The van der Waals surface area contributed by atoms with Gasteiger partial charge in [0.05, 0.1) is 33.0 Å². The second-order valence-corrected chi connectivity index (χ2v) is 21.5. The van der Waals surface area contributed by atoms with Crippen molar-refractivity contribution in [2.75, 3.05) is 39.6 Å². The van der Waals surface area contributed by atoms with Crippen LogP contribution in [0.25, 0.3) is 11.1 Å². The third kappa shape index (κ3) is 15.0. The number of aliphatic carboxylic acids is 1. The van der Waals surface area contributed by atoms with E-state index in [0.717, 1.165) is 43.0 Å². The van der Waals surface area contributed by atoms with Crippen molar-refractivity contribution in [1.29, 1.82) is 0 Å². The van der Waals surface area contributed by atoms with E-state index in [9.17, 15) is 95.5 Å². The Balaban J connectivity index is 1.04. The molecule has 0 bridgehead atoms. The van der Waals surface area contributed by atoms with Crippen LogP contribution in [0.15, 0.2) is 48.5 Å². The largest absolute Gasteiger partial charge is 0.480 e. The van der Waals surface area contributed by atoms with Gasteiger partial charge in [0.15, 0.2) is 43.8 Å². The number of aliphatic hydroxyl groups excluding tert-OH is 13. The van der Waals surface area contributed by atoms with E-state index in [1.165, 1.54) is 0 Å². The van der Waals surface area contributed by atoms with Gasteiger partial charge in [-0.2, -0.15) is 0 Å². The van der Waals surface area contributed by atoms with Gasteiger partial charge in [0.1, 0.15) is 122 Å². The monoisotopic (exact) mass is 1250 g/mol. The van der Waals surface area contributed by atoms with Crippen LogP contribution in [0, 0.1) is 0 Å². The average molecular weight is 1250 g/mol. The lowest BCUT2D eigenvalue weighted by Gasteiger charge is -2.50. The van der Waals surface area contributed by atoms with Gasteiger partial charge in [-0.05, 0) is 22.3 Å². The molecule has 5 heterocycles.